The van der Waals surface area contributed by atoms with E-state index < -0.39 is 0 Å². The maximum absolute atomic E-state index is 12.9. The van der Waals surface area contributed by atoms with Gasteiger partial charge in [0, 0.05) is 30.7 Å². The summed E-state index contributed by atoms with van der Waals surface area (Å²) < 4.78 is 12.9. The van der Waals surface area contributed by atoms with Gasteiger partial charge in [0.05, 0.1) is 12.3 Å². The average molecular weight is 400 g/mol. The number of H-pyrrole nitrogens is 1. The molecule has 2 amide bonds. The molecule has 144 valence electrons. The van der Waals surface area contributed by atoms with Crippen LogP contribution in [0.1, 0.15) is 0 Å². The Balaban J connectivity index is 1.47. The van der Waals surface area contributed by atoms with Crippen LogP contribution >= 0.6 is 11.8 Å². The third kappa shape index (κ3) is 5.36. The molecule has 0 spiro atoms. The van der Waals surface area contributed by atoms with Gasteiger partial charge in [0.25, 0.3) is 0 Å². The second-order valence-corrected chi connectivity index (χ2v) is 6.74. The SMILES string of the molecule is CN(CC(=O)Nc1ccc(F)cc1)C(=O)CSc1n[nH]c(-c2ccncc2)n1. The van der Waals surface area contributed by atoms with E-state index in [9.17, 15) is 14.0 Å². The van der Waals surface area contributed by atoms with Crippen LogP contribution < -0.4 is 5.32 Å². The van der Waals surface area contributed by atoms with Crippen LogP contribution in [-0.4, -0.2) is 56.2 Å². The molecule has 3 rings (SSSR count). The van der Waals surface area contributed by atoms with Crippen molar-refractivity contribution in [2.45, 2.75) is 5.16 Å². The van der Waals surface area contributed by atoms with Crippen molar-refractivity contribution in [3.63, 3.8) is 0 Å². The van der Waals surface area contributed by atoms with Crippen molar-refractivity contribution in [2.24, 2.45) is 0 Å². The minimum atomic E-state index is -0.388. The molecule has 28 heavy (non-hydrogen) atoms. The number of nitrogens with one attached hydrogen (secondary N) is 2. The summed E-state index contributed by atoms with van der Waals surface area (Å²) in [4.78, 5) is 33.8. The molecule has 10 heteroatoms. The van der Waals surface area contributed by atoms with Gasteiger partial charge in [0.15, 0.2) is 5.82 Å². The zero-order chi connectivity index (χ0) is 19.9. The molecule has 2 N–H and O–H groups in total. The first-order valence-corrected chi connectivity index (χ1v) is 9.25. The summed E-state index contributed by atoms with van der Waals surface area (Å²) in [5.41, 5.74) is 1.31. The van der Waals surface area contributed by atoms with E-state index in [2.05, 4.69) is 25.5 Å². The molecule has 0 saturated carbocycles. The van der Waals surface area contributed by atoms with Crippen LogP contribution in [0.15, 0.2) is 53.9 Å². The van der Waals surface area contributed by atoms with Crippen LogP contribution in [0.25, 0.3) is 11.4 Å². The number of halogens is 1. The van der Waals surface area contributed by atoms with Crippen LogP contribution in [0, 0.1) is 5.82 Å². The number of aromatic nitrogens is 4. The van der Waals surface area contributed by atoms with Crippen molar-refractivity contribution in [1.29, 1.82) is 0 Å². The third-order valence-electron chi connectivity index (χ3n) is 3.68. The number of hydrogen-bond acceptors (Lipinski definition) is 6. The van der Waals surface area contributed by atoms with Gasteiger partial charge >= 0.3 is 0 Å². The van der Waals surface area contributed by atoms with Gasteiger partial charge in [-0.25, -0.2) is 9.37 Å². The molecule has 3 aromatic rings. The normalized spacial score (nSPS) is 10.5. The van der Waals surface area contributed by atoms with Crippen LogP contribution in [0.4, 0.5) is 10.1 Å². The third-order valence-corrected chi connectivity index (χ3v) is 4.51. The van der Waals surface area contributed by atoms with Crippen LogP contribution in [0.3, 0.4) is 0 Å². The smallest absolute Gasteiger partial charge is 0.243 e. The molecule has 0 unspecified atom stereocenters. The average Bonchev–Trinajstić information content (AvgIpc) is 3.17. The lowest BCUT2D eigenvalue weighted by Crippen LogP contribution is -2.35. The zero-order valence-electron chi connectivity index (χ0n) is 14.9. The number of likely N-dealkylation sites (N-methyl/N-ethyl adjacent to an activating group) is 1. The Kier molecular flexibility index (Phi) is 6.33. The Labute approximate surface area is 164 Å². The van der Waals surface area contributed by atoms with Crippen molar-refractivity contribution in [3.8, 4) is 11.4 Å². The standard InChI is InChI=1S/C18H17FN6O2S/c1-25(10-15(26)21-14-4-2-13(19)3-5-14)16(27)11-28-18-22-17(23-24-18)12-6-8-20-9-7-12/h2-9H,10-11H2,1H3,(H,21,26)(H,22,23,24). The predicted molar refractivity (Wildman–Crippen MR) is 103 cm³/mol. The topological polar surface area (TPSA) is 104 Å². The molecular formula is C18H17FN6O2S. The molecule has 0 saturated heterocycles. The number of benzene rings is 1. The number of amides is 2. The van der Waals surface area contributed by atoms with E-state index in [1.54, 1.807) is 24.5 Å². The highest BCUT2D eigenvalue weighted by atomic mass is 32.2. The Morgan fingerprint density at radius 1 is 1.18 bits per heavy atom. The summed E-state index contributed by atoms with van der Waals surface area (Å²) in [7, 11) is 1.54. The molecule has 2 heterocycles. The number of hydrogen-bond donors (Lipinski definition) is 2. The van der Waals surface area contributed by atoms with Gasteiger partial charge in [-0.15, -0.1) is 5.10 Å². The van der Waals surface area contributed by atoms with Gasteiger partial charge < -0.3 is 10.2 Å². The largest absolute Gasteiger partial charge is 0.336 e. The molecule has 0 radical (unpaired) electrons. The van der Waals surface area contributed by atoms with E-state index in [1.165, 1.54) is 48.0 Å². The fourth-order valence-electron chi connectivity index (χ4n) is 2.22. The second kappa shape index (κ2) is 9.09. The molecule has 0 aliphatic rings. The first-order valence-electron chi connectivity index (χ1n) is 8.26. The molecule has 0 fully saturated rings. The number of thioether (sulfide) groups is 1. The van der Waals surface area contributed by atoms with Crippen molar-refractivity contribution < 1.29 is 14.0 Å². The Morgan fingerprint density at radius 3 is 2.61 bits per heavy atom. The summed E-state index contributed by atoms with van der Waals surface area (Å²) in [5.74, 6) is -0.320. The number of anilines is 1. The molecule has 0 atom stereocenters. The van der Waals surface area contributed by atoms with Gasteiger partial charge in [-0.1, -0.05) is 11.8 Å². The van der Waals surface area contributed by atoms with E-state index >= 15 is 0 Å². The highest BCUT2D eigenvalue weighted by molar-refractivity contribution is 7.99. The van der Waals surface area contributed by atoms with Crippen LogP contribution in [0.2, 0.25) is 0 Å². The lowest BCUT2D eigenvalue weighted by molar-refractivity contribution is -0.131. The van der Waals surface area contributed by atoms with Crippen LogP contribution in [-0.2, 0) is 9.59 Å². The van der Waals surface area contributed by atoms with Gasteiger partial charge in [-0.3, -0.25) is 19.7 Å². The molecule has 2 aromatic heterocycles. The molecule has 0 aliphatic heterocycles. The Bertz CT molecular complexity index is 948. The van der Waals surface area contributed by atoms with Crippen molar-refractivity contribution >= 4 is 29.3 Å². The summed E-state index contributed by atoms with van der Waals surface area (Å²) in [5, 5.41) is 9.93. The Morgan fingerprint density at radius 2 is 1.89 bits per heavy atom. The van der Waals surface area contributed by atoms with E-state index in [1.807, 2.05) is 0 Å². The lowest BCUT2D eigenvalue weighted by atomic mass is 10.3. The molecule has 1 aromatic carbocycles. The monoisotopic (exact) mass is 400 g/mol. The number of nitrogens with zero attached hydrogens (tertiary/aromatic N) is 4. The van der Waals surface area contributed by atoms with Gasteiger partial charge in [0.2, 0.25) is 17.0 Å². The van der Waals surface area contributed by atoms with Crippen molar-refractivity contribution in [2.75, 3.05) is 24.7 Å². The number of carbonyl (C=O) groups is 2. The van der Waals surface area contributed by atoms with E-state index in [0.717, 1.165) is 5.56 Å². The second-order valence-electron chi connectivity index (χ2n) is 5.80. The fourth-order valence-corrected chi connectivity index (χ4v) is 2.96. The first kappa shape index (κ1) is 19.5. The quantitative estimate of drug-likeness (QED) is 0.589. The summed E-state index contributed by atoms with van der Waals surface area (Å²) in [6.45, 7) is -0.118. The molecule has 0 aliphatic carbocycles. The number of carbonyl (C=O) groups excluding carboxylic acids is 2. The maximum atomic E-state index is 12.9. The minimum Gasteiger partial charge on any atom is -0.336 e. The predicted octanol–water partition coefficient (Wildman–Crippen LogP) is 2.19. The zero-order valence-corrected chi connectivity index (χ0v) is 15.7. The van der Waals surface area contributed by atoms with E-state index in [4.69, 9.17) is 0 Å². The van der Waals surface area contributed by atoms with E-state index in [-0.39, 0.29) is 29.9 Å². The number of aromatic amines is 1. The first-order chi connectivity index (χ1) is 13.5. The van der Waals surface area contributed by atoms with Gasteiger partial charge in [-0.2, -0.15) is 0 Å². The summed E-state index contributed by atoms with van der Waals surface area (Å²) >= 11 is 1.17. The number of pyridine rings is 1. The fraction of sp³-hybridized carbons (Fsp3) is 0.167. The molecule has 8 nitrogen and oxygen atoms in total. The lowest BCUT2D eigenvalue weighted by Gasteiger charge is -2.16. The molecule has 0 bridgehead atoms. The summed E-state index contributed by atoms with van der Waals surface area (Å²) in [6, 6.07) is 9.00. The van der Waals surface area contributed by atoms with Crippen LogP contribution in [0.5, 0.6) is 0 Å². The van der Waals surface area contributed by atoms with Gasteiger partial charge in [0.1, 0.15) is 5.82 Å². The molecular weight excluding hydrogens is 383 g/mol. The van der Waals surface area contributed by atoms with E-state index in [0.29, 0.717) is 16.7 Å². The van der Waals surface area contributed by atoms with Crippen molar-refractivity contribution in [1.82, 2.24) is 25.1 Å². The van der Waals surface area contributed by atoms with Crippen molar-refractivity contribution in [3.05, 3.63) is 54.6 Å². The van der Waals surface area contributed by atoms with Gasteiger partial charge in [-0.05, 0) is 36.4 Å². The maximum Gasteiger partial charge on any atom is 0.243 e. The highest BCUT2D eigenvalue weighted by Gasteiger charge is 2.15. The highest BCUT2D eigenvalue weighted by Crippen LogP contribution is 2.18. The minimum absolute atomic E-state index is 0.0912. The summed E-state index contributed by atoms with van der Waals surface area (Å²) in [6.07, 6.45) is 3.31. The number of rotatable bonds is 7. The Hall–Kier alpha value is -3.27.